The fourth-order valence-corrected chi connectivity index (χ4v) is 3.70. The van der Waals surface area contributed by atoms with Crippen LogP contribution in [0.3, 0.4) is 0 Å². The Hall–Kier alpha value is -1.93. The van der Waals surface area contributed by atoms with Gasteiger partial charge in [0.05, 0.1) is 12.7 Å². The molecule has 1 aromatic carbocycles. The van der Waals surface area contributed by atoms with Crippen molar-refractivity contribution in [3.8, 4) is 6.07 Å². The zero-order valence-electron chi connectivity index (χ0n) is 12.9. The number of hydrogen-bond acceptors (Lipinski definition) is 4. The maximum Gasteiger partial charge on any atom is 0.327 e. The van der Waals surface area contributed by atoms with E-state index in [2.05, 4.69) is 28.6 Å². The molecule has 4 atom stereocenters. The zero-order valence-corrected chi connectivity index (χ0v) is 14.5. The number of halogens is 1. The van der Waals surface area contributed by atoms with Crippen LogP contribution in [0.4, 0.5) is 0 Å². The predicted octanol–water partition coefficient (Wildman–Crippen LogP) is 3.63. The summed E-state index contributed by atoms with van der Waals surface area (Å²) in [6.07, 6.45) is 2.73. The van der Waals surface area contributed by atoms with Crippen molar-refractivity contribution in [1.29, 1.82) is 5.26 Å². The number of allylic oxidation sites excluding steroid dienone is 1. The third-order valence-electron chi connectivity index (χ3n) is 4.50. The first kappa shape index (κ1) is 17.4. The molecule has 1 aliphatic rings. The van der Waals surface area contributed by atoms with Crippen molar-refractivity contribution in [3.63, 3.8) is 0 Å². The second kappa shape index (κ2) is 7.10. The highest BCUT2D eigenvalue weighted by Gasteiger charge is 2.59. The summed E-state index contributed by atoms with van der Waals surface area (Å²) in [6, 6.07) is 9.51. The van der Waals surface area contributed by atoms with Gasteiger partial charge in [-0.25, -0.2) is 0 Å². The maximum absolute atomic E-state index is 12.6. The molecule has 0 N–H and O–H groups in total. The second-order valence-corrected chi connectivity index (χ2v) is 6.57. The Morgan fingerprint density at radius 1 is 1.52 bits per heavy atom. The minimum Gasteiger partial charge on any atom is -0.465 e. The number of rotatable bonds is 5. The van der Waals surface area contributed by atoms with Crippen molar-refractivity contribution in [1.82, 2.24) is 0 Å². The van der Waals surface area contributed by atoms with Gasteiger partial charge in [-0.05, 0) is 37.0 Å². The number of carbonyl (C=O) groups excluding carboxylic acids is 2. The molecule has 23 heavy (non-hydrogen) atoms. The molecule has 0 radical (unpaired) electrons. The zero-order chi connectivity index (χ0) is 17.0. The van der Waals surface area contributed by atoms with Crippen molar-refractivity contribution >= 4 is 28.2 Å². The van der Waals surface area contributed by atoms with Gasteiger partial charge in [0.25, 0.3) is 0 Å². The van der Waals surface area contributed by atoms with E-state index in [4.69, 9.17) is 4.74 Å². The molecule has 0 unspecified atom stereocenters. The Morgan fingerprint density at radius 2 is 2.17 bits per heavy atom. The molecule has 0 spiro atoms. The van der Waals surface area contributed by atoms with Gasteiger partial charge in [-0.2, -0.15) is 5.26 Å². The molecule has 0 saturated heterocycles. The van der Waals surface area contributed by atoms with Gasteiger partial charge in [0.2, 0.25) is 0 Å². The molecule has 4 nitrogen and oxygen atoms in total. The van der Waals surface area contributed by atoms with Crippen molar-refractivity contribution < 1.29 is 14.3 Å². The number of benzene rings is 1. The average Bonchev–Trinajstić information content (AvgIpc) is 2.90. The number of ether oxygens (including phenoxy) is 1. The van der Waals surface area contributed by atoms with Crippen LogP contribution < -0.4 is 0 Å². The van der Waals surface area contributed by atoms with E-state index in [1.807, 2.05) is 24.3 Å². The maximum atomic E-state index is 12.6. The second-order valence-electron chi connectivity index (χ2n) is 5.65. The molecule has 5 heteroatoms. The Balaban J connectivity index is 2.59. The molecule has 0 bridgehead atoms. The van der Waals surface area contributed by atoms with E-state index in [-0.39, 0.29) is 18.9 Å². The summed E-state index contributed by atoms with van der Waals surface area (Å²) in [5, 5.41) is 9.82. The number of hydrogen-bond donors (Lipinski definition) is 0. The van der Waals surface area contributed by atoms with E-state index in [1.54, 1.807) is 13.0 Å². The smallest absolute Gasteiger partial charge is 0.327 e. The van der Waals surface area contributed by atoms with E-state index < -0.39 is 23.2 Å². The van der Waals surface area contributed by atoms with Gasteiger partial charge in [0, 0.05) is 16.3 Å². The highest BCUT2D eigenvalue weighted by Crippen LogP contribution is 2.55. The molecule has 1 aliphatic carbocycles. The minimum absolute atomic E-state index is 0.194. The van der Waals surface area contributed by atoms with Gasteiger partial charge < -0.3 is 9.53 Å². The molecule has 0 amide bonds. The number of nitrogens with zero attached hydrogens (tertiary/aromatic N) is 1. The Labute approximate surface area is 144 Å². The van der Waals surface area contributed by atoms with E-state index >= 15 is 0 Å². The summed E-state index contributed by atoms with van der Waals surface area (Å²) < 4.78 is 6.05. The molecular weight excluding hydrogens is 358 g/mol. The SMILES string of the molecule is C=C[C@H]1C[C@@](C#N)(C(=O)OCC)[C@H](c2ccc(Br)cc2)[C@H]1C=O. The number of carbonyl (C=O) groups is 2. The normalized spacial score (nSPS) is 29.5. The lowest BCUT2D eigenvalue weighted by Gasteiger charge is -2.28. The summed E-state index contributed by atoms with van der Waals surface area (Å²) in [4.78, 5) is 24.3. The fourth-order valence-electron chi connectivity index (χ4n) is 3.44. The highest BCUT2D eigenvalue weighted by atomic mass is 79.9. The van der Waals surface area contributed by atoms with Gasteiger partial charge in [-0.3, -0.25) is 4.79 Å². The molecule has 1 aromatic rings. The molecule has 0 heterocycles. The molecule has 2 rings (SSSR count). The van der Waals surface area contributed by atoms with Gasteiger partial charge in [0.1, 0.15) is 6.29 Å². The van der Waals surface area contributed by atoms with Gasteiger partial charge >= 0.3 is 5.97 Å². The first-order valence-corrected chi connectivity index (χ1v) is 8.25. The van der Waals surface area contributed by atoms with Crippen LogP contribution in [0.25, 0.3) is 0 Å². The predicted molar refractivity (Wildman–Crippen MR) is 89.4 cm³/mol. The third-order valence-corrected chi connectivity index (χ3v) is 5.02. The lowest BCUT2D eigenvalue weighted by atomic mass is 9.73. The summed E-state index contributed by atoms with van der Waals surface area (Å²) in [5.74, 6) is -1.81. The average molecular weight is 376 g/mol. The third kappa shape index (κ3) is 2.96. The van der Waals surface area contributed by atoms with Gasteiger partial charge in [0.15, 0.2) is 5.41 Å². The number of nitriles is 1. The van der Waals surface area contributed by atoms with Crippen LogP contribution in [0, 0.1) is 28.6 Å². The van der Waals surface area contributed by atoms with E-state index in [1.165, 1.54) is 0 Å². The highest BCUT2D eigenvalue weighted by molar-refractivity contribution is 9.10. The van der Waals surface area contributed by atoms with Crippen LogP contribution >= 0.6 is 15.9 Å². The van der Waals surface area contributed by atoms with Crippen LogP contribution in [0.2, 0.25) is 0 Å². The minimum atomic E-state index is -1.37. The van der Waals surface area contributed by atoms with Crippen molar-refractivity contribution in [3.05, 3.63) is 47.0 Å². The van der Waals surface area contributed by atoms with Crippen LogP contribution in [-0.2, 0) is 14.3 Å². The van der Waals surface area contributed by atoms with Crippen LogP contribution in [0.5, 0.6) is 0 Å². The topological polar surface area (TPSA) is 67.2 Å². The molecule has 120 valence electrons. The van der Waals surface area contributed by atoms with Gasteiger partial charge in [-0.1, -0.05) is 34.1 Å². The van der Waals surface area contributed by atoms with E-state index in [0.29, 0.717) is 0 Å². The lowest BCUT2D eigenvalue weighted by Crippen LogP contribution is -2.36. The number of esters is 1. The van der Waals surface area contributed by atoms with Gasteiger partial charge in [-0.15, -0.1) is 6.58 Å². The first-order chi connectivity index (χ1) is 11.0. The standard InChI is InChI=1S/C18H18BrNO3/c1-3-12-9-18(11-20,17(22)23-4-2)16(15(12)10-21)13-5-7-14(19)8-6-13/h3,5-8,10,12,15-16H,1,4,9H2,2H3/t12-,15-,16+,18-/m0/s1. The Bertz CT molecular complexity index is 649. The lowest BCUT2D eigenvalue weighted by molar-refractivity contribution is -0.152. The van der Waals surface area contributed by atoms with Crippen molar-refractivity contribution in [2.24, 2.45) is 17.3 Å². The molecule has 1 saturated carbocycles. The monoisotopic (exact) mass is 375 g/mol. The molecule has 0 aliphatic heterocycles. The summed E-state index contributed by atoms with van der Waals surface area (Å²) >= 11 is 3.37. The van der Waals surface area contributed by atoms with E-state index in [9.17, 15) is 14.9 Å². The van der Waals surface area contributed by atoms with Crippen LogP contribution in [0.1, 0.15) is 24.8 Å². The summed E-state index contributed by atoms with van der Waals surface area (Å²) in [5.41, 5.74) is -0.585. The van der Waals surface area contributed by atoms with Crippen molar-refractivity contribution in [2.75, 3.05) is 6.61 Å². The quantitative estimate of drug-likeness (QED) is 0.447. The van der Waals surface area contributed by atoms with Crippen LogP contribution in [-0.4, -0.2) is 18.9 Å². The van der Waals surface area contributed by atoms with Crippen LogP contribution in [0.15, 0.2) is 41.4 Å². The summed E-state index contributed by atoms with van der Waals surface area (Å²) in [6.45, 7) is 5.66. The summed E-state index contributed by atoms with van der Waals surface area (Å²) in [7, 11) is 0. The molecule has 0 aromatic heterocycles. The first-order valence-electron chi connectivity index (χ1n) is 7.45. The Morgan fingerprint density at radius 3 is 2.65 bits per heavy atom. The fraction of sp³-hybridized carbons (Fsp3) is 0.389. The molecular formula is C18H18BrNO3. The largest absolute Gasteiger partial charge is 0.465 e. The van der Waals surface area contributed by atoms with Crippen molar-refractivity contribution in [2.45, 2.75) is 19.3 Å². The van der Waals surface area contributed by atoms with E-state index in [0.717, 1.165) is 16.3 Å². The molecule has 1 fully saturated rings. The number of aldehydes is 1. The Kier molecular flexibility index (Phi) is 5.38.